The first-order chi connectivity index (χ1) is 15.0. The van der Waals surface area contributed by atoms with E-state index in [0.717, 1.165) is 31.5 Å². The van der Waals surface area contributed by atoms with Crippen molar-refractivity contribution in [1.82, 2.24) is 24.5 Å². The fourth-order valence-corrected chi connectivity index (χ4v) is 4.67. The lowest BCUT2D eigenvalue weighted by molar-refractivity contribution is -0.133. The van der Waals surface area contributed by atoms with E-state index in [1.54, 1.807) is 4.68 Å². The first kappa shape index (κ1) is 21.8. The fraction of sp³-hybridized carbons (Fsp3) is 0.522. The molecule has 0 aliphatic carbocycles. The molecule has 0 unspecified atom stereocenters. The highest BCUT2D eigenvalue weighted by Gasteiger charge is 2.29. The van der Waals surface area contributed by atoms with Crippen molar-refractivity contribution < 1.29 is 9.59 Å². The van der Waals surface area contributed by atoms with Gasteiger partial charge in [-0.3, -0.25) is 14.5 Å². The van der Waals surface area contributed by atoms with E-state index in [0.29, 0.717) is 55.7 Å². The van der Waals surface area contributed by atoms with Gasteiger partial charge < -0.3 is 9.80 Å². The van der Waals surface area contributed by atoms with Crippen LogP contribution >= 0.6 is 11.6 Å². The normalized spacial score (nSPS) is 17.7. The molecule has 1 aromatic heterocycles. The van der Waals surface area contributed by atoms with E-state index in [2.05, 4.69) is 10.00 Å². The van der Waals surface area contributed by atoms with Crippen LogP contribution in [0.2, 0.25) is 5.15 Å². The third kappa shape index (κ3) is 5.10. The predicted molar refractivity (Wildman–Crippen MR) is 120 cm³/mol. The molecule has 0 atom stereocenters. The molecule has 7 nitrogen and oxygen atoms in total. The summed E-state index contributed by atoms with van der Waals surface area (Å²) in [7, 11) is 0. The maximum atomic E-state index is 13.2. The molecule has 0 spiro atoms. The number of hydrogen-bond acceptors (Lipinski definition) is 4. The molecule has 1 aromatic carbocycles. The highest BCUT2D eigenvalue weighted by atomic mass is 35.5. The Labute approximate surface area is 188 Å². The lowest BCUT2D eigenvalue weighted by Crippen LogP contribution is -2.52. The highest BCUT2D eigenvalue weighted by Crippen LogP contribution is 2.23. The van der Waals surface area contributed by atoms with Gasteiger partial charge in [0, 0.05) is 39.3 Å². The molecule has 2 saturated heterocycles. The van der Waals surface area contributed by atoms with Crippen LogP contribution in [0.15, 0.2) is 30.3 Å². The lowest BCUT2D eigenvalue weighted by atomic mass is 10.1. The van der Waals surface area contributed by atoms with Gasteiger partial charge in [0.05, 0.1) is 24.3 Å². The topological polar surface area (TPSA) is 61.7 Å². The number of aromatic nitrogens is 2. The van der Waals surface area contributed by atoms with Crippen molar-refractivity contribution in [2.75, 3.05) is 45.8 Å². The predicted octanol–water partition coefficient (Wildman–Crippen LogP) is 2.66. The smallest absolute Gasteiger partial charge is 0.258 e. The quantitative estimate of drug-likeness (QED) is 0.712. The van der Waals surface area contributed by atoms with E-state index in [1.807, 2.05) is 47.1 Å². The zero-order valence-corrected chi connectivity index (χ0v) is 18.9. The average Bonchev–Trinajstić information content (AvgIpc) is 3.07. The van der Waals surface area contributed by atoms with E-state index in [1.165, 1.54) is 6.42 Å². The van der Waals surface area contributed by atoms with Gasteiger partial charge in [0.2, 0.25) is 5.91 Å². The summed E-state index contributed by atoms with van der Waals surface area (Å²) in [5.74, 6) is 0.129. The molecule has 2 fully saturated rings. The monoisotopic (exact) mass is 443 g/mol. The number of piperazine rings is 1. The van der Waals surface area contributed by atoms with Crippen LogP contribution in [-0.4, -0.2) is 82.1 Å². The van der Waals surface area contributed by atoms with Crippen molar-refractivity contribution in [2.45, 2.75) is 32.7 Å². The first-order valence-electron chi connectivity index (χ1n) is 11.1. The molecule has 2 aromatic rings. The summed E-state index contributed by atoms with van der Waals surface area (Å²) in [5.41, 5.74) is 2.21. The molecule has 0 N–H and O–H groups in total. The van der Waals surface area contributed by atoms with E-state index in [9.17, 15) is 9.59 Å². The minimum Gasteiger partial charge on any atom is -0.342 e. The molecule has 2 aliphatic heterocycles. The number of carbonyl (C=O) groups excluding carboxylic acids is 2. The molecule has 2 aliphatic rings. The average molecular weight is 444 g/mol. The van der Waals surface area contributed by atoms with Crippen molar-refractivity contribution in [3.63, 3.8) is 0 Å². The Hall–Kier alpha value is -2.38. The summed E-state index contributed by atoms with van der Waals surface area (Å²) >= 11 is 6.57. The Bertz CT molecular complexity index is 916. The molecule has 166 valence electrons. The molecule has 31 heavy (non-hydrogen) atoms. The number of likely N-dealkylation sites (tertiary alicyclic amines) is 1. The summed E-state index contributed by atoms with van der Waals surface area (Å²) in [6, 6.07) is 9.94. The van der Waals surface area contributed by atoms with Crippen molar-refractivity contribution in [3.8, 4) is 0 Å². The lowest BCUT2D eigenvalue weighted by Gasteiger charge is -2.36. The zero-order chi connectivity index (χ0) is 21.8. The third-order valence-corrected chi connectivity index (χ3v) is 6.57. The van der Waals surface area contributed by atoms with Gasteiger partial charge in [0.25, 0.3) is 5.91 Å². The number of aryl methyl sites for hydroxylation is 1. The maximum Gasteiger partial charge on any atom is 0.258 e. The standard InChI is InChI=1S/C23H30ClN5O2/c1-18-21(22(24)29(25-18)16-19-8-4-2-5-9-19)23(31)28-14-12-26(13-15-28)17-20(30)27-10-6-3-7-11-27/h2,4-5,8-9H,3,6-7,10-17H2,1H3. The van der Waals surface area contributed by atoms with Gasteiger partial charge in [-0.2, -0.15) is 5.10 Å². The van der Waals surface area contributed by atoms with Crippen molar-refractivity contribution in [3.05, 3.63) is 52.3 Å². The van der Waals surface area contributed by atoms with Crippen LogP contribution in [0.1, 0.15) is 40.9 Å². The number of amides is 2. The van der Waals surface area contributed by atoms with Crippen LogP contribution in [-0.2, 0) is 11.3 Å². The molecule has 0 bridgehead atoms. The Morgan fingerprint density at radius 3 is 2.29 bits per heavy atom. The molecule has 4 rings (SSSR count). The van der Waals surface area contributed by atoms with Gasteiger partial charge in [-0.15, -0.1) is 0 Å². The second-order valence-electron chi connectivity index (χ2n) is 8.40. The summed E-state index contributed by atoms with van der Waals surface area (Å²) < 4.78 is 1.69. The van der Waals surface area contributed by atoms with Crippen LogP contribution in [0.5, 0.6) is 0 Å². The minimum absolute atomic E-state index is 0.0798. The number of hydrogen-bond donors (Lipinski definition) is 0. The summed E-state index contributed by atoms with van der Waals surface area (Å²) in [6.07, 6.45) is 3.42. The van der Waals surface area contributed by atoms with Crippen LogP contribution in [0.3, 0.4) is 0 Å². The summed E-state index contributed by atoms with van der Waals surface area (Å²) in [6.45, 7) is 7.12. The van der Waals surface area contributed by atoms with Crippen LogP contribution in [0, 0.1) is 6.92 Å². The van der Waals surface area contributed by atoms with Gasteiger partial charge in [-0.25, -0.2) is 4.68 Å². The number of carbonyl (C=O) groups is 2. The van der Waals surface area contributed by atoms with Crippen molar-refractivity contribution in [2.24, 2.45) is 0 Å². The van der Waals surface area contributed by atoms with Crippen molar-refractivity contribution in [1.29, 1.82) is 0 Å². The van der Waals surface area contributed by atoms with Crippen molar-refractivity contribution >= 4 is 23.4 Å². The molecule has 0 radical (unpaired) electrons. The highest BCUT2D eigenvalue weighted by molar-refractivity contribution is 6.33. The second-order valence-corrected chi connectivity index (χ2v) is 8.76. The van der Waals surface area contributed by atoms with E-state index < -0.39 is 0 Å². The Morgan fingerprint density at radius 1 is 0.935 bits per heavy atom. The summed E-state index contributed by atoms with van der Waals surface area (Å²) in [4.78, 5) is 31.6. The van der Waals surface area contributed by atoms with E-state index in [-0.39, 0.29) is 11.8 Å². The van der Waals surface area contributed by atoms with Gasteiger partial charge in [0.15, 0.2) is 0 Å². The Kier molecular flexibility index (Phi) is 6.92. The second kappa shape index (κ2) is 9.83. The maximum absolute atomic E-state index is 13.2. The molecular weight excluding hydrogens is 414 g/mol. The number of piperidine rings is 1. The Balaban J connectivity index is 1.35. The Morgan fingerprint density at radius 2 is 1.61 bits per heavy atom. The van der Waals surface area contributed by atoms with Crippen LogP contribution < -0.4 is 0 Å². The van der Waals surface area contributed by atoms with Crippen LogP contribution in [0.25, 0.3) is 0 Å². The number of halogens is 1. The van der Waals surface area contributed by atoms with Gasteiger partial charge in [0.1, 0.15) is 5.15 Å². The summed E-state index contributed by atoms with van der Waals surface area (Å²) in [5, 5.41) is 4.89. The molecular formula is C23H30ClN5O2. The fourth-order valence-electron chi connectivity index (χ4n) is 4.36. The number of benzene rings is 1. The largest absolute Gasteiger partial charge is 0.342 e. The number of nitrogens with zero attached hydrogens (tertiary/aromatic N) is 5. The SMILES string of the molecule is Cc1nn(Cc2ccccc2)c(Cl)c1C(=O)N1CCN(CC(=O)N2CCCCC2)CC1. The van der Waals surface area contributed by atoms with E-state index in [4.69, 9.17) is 11.6 Å². The molecule has 3 heterocycles. The van der Waals surface area contributed by atoms with Gasteiger partial charge in [-0.05, 0) is 31.7 Å². The minimum atomic E-state index is -0.0798. The van der Waals surface area contributed by atoms with Crippen LogP contribution in [0.4, 0.5) is 0 Å². The molecule has 8 heteroatoms. The van der Waals surface area contributed by atoms with Gasteiger partial charge in [-0.1, -0.05) is 41.9 Å². The first-order valence-corrected chi connectivity index (χ1v) is 11.5. The molecule has 2 amide bonds. The molecule has 0 saturated carbocycles. The number of rotatable bonds is 5. The zero-order valence-electron chi connectivity index (χ0n) is 18.1. The van der Waals surface area contributed by atoms with Gasteiger partial charge >= 0.3 is 0 Å². The van der Waals surface area contributed by atoms with E-state index >= 15 is 0 Å². The third-order valence-electron chi connectivity index (χ3n) is 6.18.